The molecule has 0 aliphatic carbocycles. The fraction of sp³-hybridized carbons (Fsp3) is 0.0952. The molecule has 2 heterocycles. The summed E-state index contributed by atoms with van der Waals surface area (Å²) in [5.74, 6) is -0.106. The zero-order chi connectivity index (χ0) is 18.1. The van der Waals surface area contributed by atoms with Crippen LogP contribution in [0.4, 0.5) is 5.69 Å². The van der Waals surface area contributed by atoms with Gasteiger partial charge in [-0.1, -0.05) is 17.4 Å². The van der Waals surface area contributed by atoms with Crippen LogP contribution in [0.25, 0.3) is 20.9 Å². The van der Waals surface area contributed by atoms with E-state index in [1.807, 2.05) is 68.4 Å². The van der Waals surface area contributed by atoms with Crippen molar-refractivity contribution in [3.8, 4) is 10.6 Å². The first-order valence-corrected chi connectivity index (χ1v) is 9.12. The summed E-state index contributed by atoms with van der Waals surface area (Å²) in [7, 11) is 0. The molecule has 0 spiro atoms. The number of amides is 1. The van der Waals surface area contributed by atoms with Crippen molar-refractivity contribution in [1.82, 2.24) is 9.97 Å². The molecule has 0 atom stereocenters. The largest absolute Gasteiger partial charge is 0.322 e. The van der Waals surface area contributed by atoms with Crippen molar-refractivity contribution in [2.45, 2.75) is 13.8 Å². The second kappa shape index (κ2) is 6.69. The lowest BCUT2D eigenvalue weighted by Crippen LogP contribution is -2.12. The molecule has 0 unspecified atom stereocenters. The average molecular weight is 359 g/mol. The number of pyridine rings is 1. The van der Waals surface area contributed by atoms with Crippen LogP contribution in [-0.2, 0) is 0 Å². The fourth-order valence-corrected chi connectivity index (χ4v) is 3.59. The molecule has 0 aliphatic heterocycles. The van der Waals surface area contributed by atoms with Crippen molar-refractivity contribution >= 4 is 33.3 Å². The molecule has 1 N–H and O–H groups in total. The number of anilines is 1. The van der Waals surface area contributed by atoms with Gasteiger partial charge in [0, 0.05) is 23.0 Å². The zero-order valence-corrected chi connectivity index (χ0v) is 15.3. The number of aryl methyl sites for hydroxylation is 2. The SMILES string of the molecule is Cc1ccc(C(=O)Nc2ccc(-c3nc4cccnc4s3)cc2)cc1C. The first-order valence-electron chi connectivity index (χ1n) is 8.31. The van der Waals surface area contributed by atoms with Crippen LogP contribution in [0, 0.1) is 13.8 Å². The topological polar surface area (TPSA) is 54.9 Å². The molecule has 4 rings (SSSR count). The molecule has 0 fully saturated rings. The number of aromatic nitrogens is 2. The van der Waals surface area contributed by atoms with E-state index in [2.05, 4.69) is 15.3 Å². The molecule has 0 saturated carbocycles. The molecule has 4 nitrogen and oxygen atoms in total. The molecule has 128 valence electrons. The van der Waals surface area contributed by atoms with Gasteiger partial charge >= 0.3 is 0 Å². The lowest BCUT2D eigenvalue weighted by molar-refractivity contribution is 0.102. The number of carbonyl (C=O) groups excluding carboxylic acids is 1. The van der Waals surface area contributed by atoms with Crippen LogP contribution in [0.1, 0.15) is 21.5 Å². The minimum Gasteiger partial charge on any atom is -0.322 e. The third kappa shape index (κ3) is 3.21. The average Bonchev–Trinajstić information content (AvgIpc) is 3.08. The van der Waals surface area contributed by atoms with Crippen molar-refractivity contribution in [1.29, 1.82) is 0 Å². The third-order valence-electron chi connectivity index (χ3n) is 4.33. The second-order valence-electron chi connectivity index (χ2n) is 6.18. The van der Waals surface area contributed by atoms with E-state index in [1.54, 1.807) is 17.5 Å². The third-order valence-corrected chi connectivity index (χ3v) is 5.35. The van der Waals surface area contributed by atoms with Crippen LogP contribution in [0.2, 0.25) is 0 Å². The molecule has 0 radical (unpaired) electrons. The Kier molecular flexibility index (Phi) is 4.22. The summed E-state index contributed by atoms with van der Waals surface area (Å²) in [5, 5.41) is 3.86. The quantitative estimate of drug-likeness (QED) is 0.545. The Bertz CT molecular complexity index is 1070. The lowest BCUT2D eigenvalue weighted by Gasteiger charge is -2.08. The van der Waals surface area contributed by atoms with E-state index in [9.17, 15) is 4.79 Å². The Labute approximate surface area is 155 Å². The van der Waals surface area contributed by atoms with E-state index in [-0.39, 0.29) is 5.91 Å². The van der Waals surface area contributed by atoms with Gasteiger partial charge in [-0.25, -0.2) is 9.97 Å². The minimum absolute atomic E-state index is 0.106. The molecule has 5 heteroatoms. The summed E-state index contributed by atoms with van der Waals surface area (Å²) in [6.45, 7) is 4.04. The summed E-state index contributed by atoms with van der Waals surface area (Å²) in [6.07, 6.45) is 1.77. The van der Waals surface area contributed by atoms with Crippen LogP contribution in [0.3, 0.4) is 0 Å². The normalized spacial score (nSPS) is 10.8. The van der Waals surface area contributed by atoms with Gasteiger partial charge in [-0.05, 0) is 73.5 Å². The van der Waals surface area contributed by atoms with Gasteiger partial charge in [-0.15, -0.1) is 0 Å². The summed E-state index contributed by atoms with van der Waals surface area (Å²) in [6, 6.07) is 17.3. The molecule has 1 amide bonds. The number of hydrogen-bond donors (Lipinski definition) is 1. The van der Waals surface area contributed by atoms with Crippen molar-refractivity contribution in [3.05, 3.63) is 77.5 Å². The standard InChI is InChI=1S/C21H17N3OS/c1-13-5-6-16(12-14(13)2)19(25)23-17-9-7-15(8-10-17)20-24-18-4-3-11-22-21(18)26-20/h3-12H,1-2H3,(H,23,25). The van der Waals surface area contributed by atoms with E-state index >= 15 is 0 Å². The molecule has 2 aromatic carbocycles. The van der Waals surface area contributed by atoms with Crippen molar-refractivity contribution < 1.29 is 4.79 Å². The number of fused-ring (bicyclic) bond motifs is 1. The van der Waals surface area contributed by atoms with Crippen LogP contribution in [0.5, 0.6) is 0 Å². The van der Waals surface area contributed by atoms with E-state index in [1.165, 1.54) is 5.56 Å². The lowest BCUT2D eigenvalue weighted by atomic mass is 10.1. The predicted octanol–water partition coefficient (Wildman–Crippen LogP) is 5.23. The number of rotatable bonds is 3. The van der Waals surface area contributed by atoms with E-state index < -0.39 is 0 Å². The highest BCUT2D eigenvalue weighted by atomic mass is 32.1. The summed E-state index contributed by atoms with van der Waals surface area (Å²) in [5.41, 5.74) is 5.62. The predicted molar refractivity (Wildman–Crippen MR) is 107 cm³/mol. The molecule has 26 heavy (non-hydrogen) atoms. The van der Waals surface area contributed by atoms with Gasteiger partial charge in [0.2, 0.25) is 0 Å². The number of benzene rings is 2. The molecular weight excluding hydrogens is 342 g/mol. The number of nitrogens with zero attached hydrogens (tertiary/aromatic N) is 2. The van der Waals surface area contributed by atoms with Crippen LogP contribution >= 0.6 is 11.3 Å². The molecule has 0 bridgehead atoms. The van der Waals surface area contributed by atoms with Crippen molar-refractivity contribution in [3.63, 3.8) is 0 Å². The van der Waals surface area contributed by atoms with E-state index in [0.29, 0.717) is 5.56 Å². The summed E-state index contributed by atoms with van der Waals surface area (Å²) < 4.78 is 0. The Balaban J connectivity index is 1.53. The Hall–Kier alpha value is -3.05. The second-order valence-corrected chi connectivity index (χ2v) is 7.15. The maximum atomic E-state index is 12.4. The van der Waals surface area contributed by atoms with Gasteiger partial charge in [0.1, 0.15) is 15.4 Å². The number of thiazole rings is 1. The molecule has 0 aliphatic rings. The van der Waals surface area contributed by atoms with Crippen molar-refractivity contribution in [2.24, 2.45) is 0 Å². The van der Waals surface area contributed by atoms with Gasteiger partial charge in [-0.3, -0.25) is 4.79 Å². The van der Waals surface area contributed by atoms with E-state index in [0.717, 1.165) is 32.2 Å². The smallest absolute Gasteiger partial charge is 0.255 e. The first kappa shape index (κ1) is 16.4. The van der Waals surface area contributed by atoms with Gasteiger partial charge < -0.3 is 5.32 Å². The minimum atomic E-state index is -0.106. The summed E-state index contributed by atoms with van der Waals surface area (Å²) >= 11 is 1.56. The highest BCUT2D eigenvalue weighted by Crippen LogP contribution is 2.29. The van der Waals surface area contributed by atoms with Crippen LogP contribution < -0.4 is 5.32 Å². The van der Waals surface area contributed by atoms with E-state index in [4.69, 9.17) is 0 Å². The molecular formula is C21H17N3OS. The maximum Gasteiger partial charge on any atom is 0.255 e. The van der Waals surface area contributed by atoms with Crippen LogP contribution in [-0.4, -0.2) is 15.9 Å². The Morgan fingerprint density at radius 1 is 1.00 bits per heavy atom. The highest BCUT2D eigenvalue weighted by Gasteiger charge is 2.09. The number of nitrogens with one attached hydrogen (secondary N) is 1. The molecule has 0 saturated heterocycles. The van der Waals surface area contributed by atoms with Gasteiger partial charge in [0.15, 0.2) is 0 Å². The maximum absolute atomic E-state index is 12.4. The van der Waals surface area contributed by atoms with Gasteiger partial charge in [0.25, 0.3) is 5.91 Å². The molecule has 4 aromatic rings. The number of hydrogen-bond acceptors (Lipinski definition) is 4. The highest BCUT2D eigenvalue weighted by molar-refractivity contribution is 7.21. The zero-order valence-electron chi connectivity index (χ0n) is 14.5. The fourth-order valence-electron chi connectivity index (χ4n) is 2.68. The first-order chi connectivity index (χ1) is 12.6. The molecule has 2 aromatic heterocycles. The number of carbonyl (C=O) groups is 1. The Morgan fingerprint density at radius 3 is 2.54 bits per heavy atom. The summed E-state index contributed by atoms with van der Waals surface area (Å²) in [4.78, 5) is 22.3. The van der Waals surface area contributed by atoms with Crippen molar-refractivity contribution in [2.75, 3.05) is 5.32 Å². The van der Waals surface area contributed by atoms with Crippen LogP contribution in [0.15, 0.2) is 60.8 Å². The van der Waals surface area contributed by atoms with Gasteiger partial charge in [-0.2, -0.15) is 0 Å². The van der Waals surface area contributed by atoms with Gasteiger partial charge in [0.05, 0.1) is 0 Å². The monoisotopic (exact) mass is 359 g/mol. The Morgan fingerprint density at radius 2 is 1.81 bits per heavy atom.